The quantitative estimate of drug-likeness (QED) is 0.179. The molecule has 260 valence electrons. The normalized spacial score (nSPS) is 17.3. The molecule has 0 spiro atoms. The second-order valence-electron chi connectivity index (χ2n) is 17.8. The standard InChI is InChI=1S/C52H47N/c1-49(2)41-22-14-11-17-34(41)36-27-25-32(29-44(36)49)53(33-26-28-37-35-18-12-16-24-43(35)51(5,6)52(7,8)45(37)30-33)47-31-46-48(39-20-10-9-19-38(39)47)40-21-13-15-23-42(40)50(46,3)4/h9-31H,1-8H3. The van der Waals surface area contributed by atoms with Gasteiger partial charge in [-0.05, 0) is 113 Å². The summed E-state index contributed by atoms with van der Waals surface area (Å²) in [5.41, 5.74) is 19.7. The summed E-state index contributed by atoms with van der Waals surface area (Å²) in [6.07, 6.45) is 0. The van der Waals surface area contributed by atoms with Gasteiger partial charge >= 0.3 is 0 Å². The Morgan fingerprint density at radius 3 is 1.43 bits per heavy atom. The van der Waals surface area contributed by atoms with E-state index in [1.165, 1.54) is 94.6 Å². The highest BCUT2D eigenvalue weighted by Gasteiger charge is 2.46. The Morgan fingerprint density at radius 1 is 0.340 bits per heavy atom. The highest BCUT2D eigenvalue weighted by Crippen LogP contribution is 2.58. The highest BCUT2D eigenvalue weighted by molar-refractivity contribution is 6.10. The lowest BCUT2D eigenvalue weighted by Gasteiger charge is -2.48. The number of fused-ring (bicyclic) bond motifs is 11. The van der Waals surface area contributed by atoms with Crippen LogP contribution in [0.5, 0.6) is 0 Å². The average Bonchev–Trinajstić information content (AvgIpc) is 3.54. The first-order chi connectivity index (χ1) is 25.3. The third kappa shape index (κ3) is 4.14. The van der Waals surface area contributed by atoms with E-state index in [1.807, 2.05) is 0 Å². The Balaban J connectivity index is 1.28. The zero-order valence-corrected chi connectivity index (χ0v) is 32.2. The maximum atomic E-state index is 2.57. The number of hydrogen-bond acceptors (Lipinski definition) is 1. The molecule has 0 saturated heterocycles. The van der Waals surface area contributed by atoms with Crippen molar-refractivity contribution in [3.05, 3.63) is 173 Å². The molecule has 3 aliphatic carbocycles. The minimum atomic E-state index is -0.135. The fourth-order valence-corrected chi connectivity index (χ4v) is 10.3. The van der Waals surface area contributed by atoms with Crippen LogP contribution in [0.2, 0.25) is 0 Å². The third-order valence-corrected chi connectivity index (χ3v) is 14.0. The smallest absolute Gasteiger partial charge is 0.0543 e. The van der Waals surface area contributed by atoms with Crippen LogP contribution in [-0.4, -0.2) is 0 Å². The zero-order valence-electron chi connectivity index (χ0n) is 32.2. The maximum absolute atomic E-state index is 2.57. The van der Waals surface area contributed by atoms with Crippen LogP contribution in [0, 0.1) is 0 Å². The first kappa shape index (κ1) is 32.3. The first-order valence-corrected chi connectivity index (χ1v) is 19.3. The third-order valence-electron chi connectivity index (χ3n) is 14.0. The summed E-state index contributed by atoms with van der Waals surface area (Å²) in [6.45, 7) is 19.3. The number of rotatable bonds is 3. The van der Waals surface area contributed by atoms with Gasteiger partial charge in [0.1, 0.15) is 0 Å². The van der Waals surface area contributed by atoms with Gasteiger partial charge in [0.15, 0.2) is 0 Å². The van der Waals surface area contributed by atoms with Crippen LogP contribution in [0.4, 0.5) is 17.1 Å². The molecule has 7 aromatic carbocycles. The minimum Gasteiger partial charge on any atom is -0.310 e. The molecule has 0 aliphatic heterocycles. The van der Waals surface area contributed by atoms with Crippen molar-refractivity contribution in [2.45, 2.75) is 77.0 Å². The summed E-state index contributed by atoms with van der Waals surface area (Å²) in [4.78, 5) is 2.57. The van der Waals surface area contributed by atoms with E-state index in [4.69, 9.17) is 0 Å². The van der Waals surface area contributed by atoms with Crippen LogP contribution < -0.4 is 4.90 Å². The molecule has 0 saturated carbocycles. The molecule has 0 bridgehead atoms. The molecule has 53 heavy (non-hydrogen) atoms. The summed E-state index contributed by atoms with van der Waals surface area (Å²) < 4.78 is 0. The molecule has 0 amide bonds. The molecular weight excluding hydrogens is 639 g/mol. The van der Waals surface area contributed by atoms with Gasteiger partial charge in [0, 0.05) is 27.6 Å². The van der Waals surface area contributed by atoms with Gasteiger partial charge in [-0.2, -0.15) is 0 Å². The monoisotopic (exact) mass is 685 g/mol. The van der Waals surface area contributed by atoms with Crippen LogP contribution in [-0.2, 0) is 21.7 Å². The van der Waals surface area contributed by atoms with Gasteiger partial charge < -0.3 is 4.90 Å². The predicted octanol–water partition coefficient (Wildman–Crippen LogP) is 14.2. The summed E-state index contributed by atoms with van der Waals surface area (Å²) in [6, 6.07) is 53.2. The van der Waals surface area contributed by atoms with Crippen LogP contribution in [0.1, 0.15) is 88.8 Å². The van der Waals surface area contributed by atoms with Gasteiger partial charge in [0.2, 0.25) is 0 Å². The first-order valence-electron chi connectivity index (χ1n) is 19.3. The number of benzene rings is 7. The van der Waals surface area contributed by atoms with Crippen LogP contribution in [0.15, 0.2) is 140 Å². The molecule has 3 aliphatic rings. The van der Waals surface area contributed by atoms with Crippen LogP contribution in [0.25, 0.3) is 44.2 Å². The van der Waals surface area contributed by atoms with Crippen LogP contribution >= 0.6 is 0 Å². The molecule has 0 radical (unpaired) electrons. The van der Waals surface area contributed by atoms with Crippen molar-refractivity contribution >= 4 is 27.8 Å². The van der Waals surface area contributed by atoms with Gasteiger partial charge in [-0.15, -0.1) is 0 Å². The van der Waals surface area contributed by atoms with Gasteiger partial charge in [-0.1, -0.05) is 165 Å². The Morgan fingerprint density at radius 2 is 0.774 bits per heavy atom. The maximum Gasteiger partial charge on any atom is 0.0543 e. The van der Waals surface area contributed by atoms with E-state index >= 15 is 0 Å². The van der Waals surface area contributed by atoms with E-state index in [9.17, 15) is 0 Å². The van der Waals surface area contributed by atoms with Crippen molar-refractivity contribution in [3.63, 3.8) is 0 Å². The average molecular weight is 686 g/mol. The molecule has 0 unspecified atom stereocenters. The van der Waals surface area contributed by atoms with E-state index < -0.39 is 0 Å². The van der Waals surface area contributed by atoms with Gasteiger partial charge in [-0.25, -0.2) is 0 Å². The van der Waals surface area contributed by atoms with Crippen molar-refractivity contribution < 1.29 is 0 Å². The topological polar surface area (TPSA) is 3.24 Å². The van der Waals surface area contributed by atoms with Crippen molar-refractivity contribution in [1.29, 1.82) is 0 Å². The minimum absolute atomic E-state index is 0.0561. The lowest BCUT2D eigenvalue weighted by atomic mass is 9.55. The fraction of sp³-hybridized carbons (Fsp3) is 0.231. The number of anilines is 3. The second kappa shape index (κ2) is 10.6. The molecule has 10 rings (SSSR count). The van der Waals surface area contributed by atoms with E-state index in [0.29, 0.717) is 0 Å². The molecular formula is C52H47N. The van der Waals surface area contributed by atoms with Gasteiger partial charge in [0.25, 0.3) is 0 Å². The second-order valence-corrected chi connectivity index (χ2v) is 17.8. The van der Waals surface area contributed by atoms with Crippen molar-refractivity contribution in [1.82, 2.24) is 0 Å². The van der Waals surface area contributed by atoms with E-state index in [2.05, 4.69) is 200 Å². The SMILES string of the molecule is CC1(C)c2ccccc2-c2ccc(N(c3ccc4c(c3)C(C)(C)C(C)(C)c3ccccc3-4)c3cc4c(c5ccccc35)-c3ccccc3C4(C)C)cc21. The summed E-state index contributed by atoms with van der Waals surface area (Å²) in [5.74, 6) is 0. The molecule has 1 nitrogen and oxygen atoms in total. The summed E-state index contributed by atoms with van der Waals surface area (Å²) in [5, 5.41) is 2.58. The predicted molar refractivity (Wildman–Crippen MR) is 225 cm³/mol. The Labute approximate surface area is 315 Å². The number of nitrogens with zero attached hydrogens (tertiary/aromatic N) is 1. The van der Waals surface area contributed by atoms with E-state index in [-0.39, 0.29) is 21.7 Å². The van der Waals surface area contributed by atoms with E-state index in [1.54, 1.807) is 0 Å². The molecule has 0 aromatic heterocycles. The zero-order chi connectivity index (χ0) is 36.7. The van der Waals surface area contributed by atoms with Gasteiger partial charge in [0.05, 0.1) is 5.69 Å². The molecule has 1 heteroatoms. The summed E-state index contributed by atoms with van der Waals surface area (Å²) in [7, 11) is 0. The Kier molecular flexibility index (Phi) is 6.45. The van der Waals surface area contributed by atoms with Crippen molar-refractivity contribution in [2.24, 2.45) is 0 Å². The van der Waals surface area contributed by atoms with Crippen molar-refractivity contribution in [2.75, 3.05) is 4.90 Å². The molecule has 7 aromatic rings. The molecule has 0 N–H and O–H groups in total. The Bertz CT molecular complexity index is 2680. The highest BCUT2D eigenvalue weighted by atomic mass is 15.1. The Hall–Kier alpha value is -5.40. The van der Waals surface area contributed by atoms with Crippen LogP contribution in [0.3, 0.4) is 0 Å². The molecule has 0 heterocycles. The fourth-order valence-electron chi connectivity index (χ4n) is 10.3. The molecule has 0 fully saturated rings. The summed E-state index contributed by atoms with van der Waals surface area (Å²) >= 11 is 0. The van der Waals surface area contributed by atoms with Gasteiger partial charge in [-0.3, -0.25) is 0 Å². The largest absolute Gasteiger partial charge is 0.310 e. The van der Waals surface area contributed by atoms with Crippen molar-refractivity contribution in [3.8, 4) is 33.4 Å². The molecule has 0 atom stereocenters. The lowest BCUT2D eigenvalue weighted by Crippen LogP contribution is -2.43. The number of hydrogen-bond donors (Lipinski definition) is 0. The lowest BCUT2D eigenvalue weighted by molar-refractivity contribution is 0.299. The van der Waals surface area contributed by atoms with E-state index in [0.717, 1.165) is 0 Å².